The van der Waals surface area contributed by atoms with Gasteiger partial charge in [-0.2, -0.15) is 0 Å². The molecule has 0 spiro atoms. The zero-order chi connectivity index (χ0) is 17.1. The molecule has 0 radical (unpaired) electrons. The van der Waals surface area contributed by atoms with E-state index in [2.05, 4.69) is 53.9 Å². The number of aryl methyl sites for hydroxylation is 1. The van der Waals surface area contributed by atoms with Crippen LogP contribution >= 0.6 is 0 Å². The largest absolute Gasteiger partial charge is 0.341 e. The van der Waals surface area contributed by atoms with Crippen molar-refractivity contribution < 1.29 is 0 Å². The number of hydrogen-bond donors (Lipinski definition) is 0. The SMILES string of the molecule is Cc1nnc(C2CCN(c3ncccn3)CC2)n1Cc1ccccc1. The van der Waals surface area contributed by atoms with Gasteiger partial charge in [0, 0.05) is 31.4 Å². The fourth-order valence-electron chi connectivity index (χ4n) is 3.45. The molecule has 0 amide bonds. The van der Waals surface area contributed by atoms with Gasteiger partial charge in [0.05, 0.1) is 6.54 Å². The van der Waals surface area contributed by atoms with Crippen molar-refractivity contribution in [3.63, 3.8) is 0 Å². The average Bonchev–Trinajstić information content (AvgIpc) is 3.04. The maximum absolute atomic E-state index is 4.50. The second kappa shape index (κ2) is 7.01. The van der Waals surface area contributed by atoms with E-state index < -0.39 is 0 Å². The van der Waals surface area contributed by atoms with Crippen LogP contribution in [0.15, 0.2) is 48.8 Å². The lowest BCUT2D eigenvalue weighted by Gasteiger charge is -2.31. The maximum atomic E-state index is 4.50. The molecular formula is C19H22N6. The number of hydrogen-bond acceptors (Lipinski definition) is 5. The summed E-state index contributed by atoms with van der Waals surface area (Å²) in [7, 11) is 0. The van der Waals surface area contributed by atoms with E-state index in [1.165, 1.54) is 5.56 Å². The molecule has 1 aliphatic heterocycles. The van der Waals surface area contributed by atoms with Crippen molar-refractivity contribution in [2.24, 2.45) is 0 Å². The summed E-state index contributed by atoms with van der Waals surface area (Å²) in [5.41, 5.74) is 1.28. The van der Waals surface area contributed by atoms with Gasteiger partial charge in [-0.05, 0) is 31.4 Å². The highest BCUT2D eigenvalue weighted by Gasteiger charge is 2.26. The third kappa shape index (κ3) is 3.38. The monoisotopic (exact) mass is 334 g/mol. The topological polar surface area (TPSA) is 59.7 Å². The van der Waals surface area contributed by atoms with Crippen molar-refractivity contribution in [3.8, 4) is 0 Å². The third-order valence-electron chi connectivity index (χ3n) is 4.84. The van der Waals surface area contributed by atoms with Crippen molar-refractivity contribution in [1.82, 2.24) is 24.7 Å². The molecule has 1 fully saturated rings. The summed E-state index contributed by atoms with van der Waals surface area (Å²) in [4.78, 5) is 11.0. The van der Waals surface area contributed by atoms with Crippen molar-refractivity contribution in [1.29, 1.82) is 0 Å². The molecule has 0 bridgehead atoms. The summed E-state index contributed by atoms with van der Waals surface area (Å²) < 4.78 is 2.26. The Bertz CT molecular complexity index is 806. The molecule has 1 saturated heterocycles. The predicted molar refractivity (Wildman–Crippen MR) is 96.5 cm³/mol. The van der Waals surface area contributed by atoms with Crippen LogP contribution in [-0.4, -0.2) is 37.8 Å². The van der Waals surface area contributed by atoms with Crippen LogP contribution in [0.4, 0.5) is 5.95 Å². The summed E-state index contributed by atoms with van der Waals surface area (Å²) in [6.45, 7) is 4.77. The van der Waals surface area contributed by atoms with Crippen LogP contribution in [0, 0.1) is 6.92 Å². The molecule has 2 aromatic heterocycles. The molecule has 1 aliphatic rings. The van der Waals surface area contributed by atoms with Crippen LogP contribution in [0.5, 0.6) is 0 Å². The molecule has 0 atom stereocenters. The molecule has 3 aromatic rings. The number of benzene rings is 1. The van der Waals surface area contributed by atoms with Crippen LogP contribution < -0.4 is 4.90 Å². The standard InChI is InChI=1S/C19H22N6/c1-15-22-23-18(25(15)14-16-6-3-2-4-7-16)17-8-12-24(13-9-17)19-20-10-5-11-21-19/h2-7,10-11,17H,8-9,12-14H2,1H3. The molecule has 6 nitrogen and oxygen atoms in total. The number of nitrogens with zero attached hydrogens (tertiary/aromatic N) is 6. The Morgan fingerprint density at radius 1 is 0.960 bits per heavy atom. The van der Waals surface area contributed by atoms with Gasteiger partial charge >= 0.3 is 0 Å². The summed E-state index contributed by atoms with van der Waals surface area (Å²) in [5.74, 6) is 3.34. The molecule has 0 N–H and O–H groups in total. The normalized spacial score (nSPS) is 15.5. The Morgan fingerprint density at radius 2 is 1.68 bits per heavy atom. The first-order valence-electron chi connectivity index (χ1n) is 8.77. The lowest BCUT2D eigenvalue weighted by Crippen LogP contribution is -2.34. The Kier molecular flexibility index (Phi) is 4.41. The Labute approximate surface area is 147 Å². The first-order valence-corrected chi connectivity index (χ1v) is 8.77. The van der Waals surface area contributed by atoms with E-state index >= 15 is 0 Å². The van der Waals surface area contributed by atoms with Crippen LogP contribution in [0.2, 0.25) is 0 Å². The van der Waals surface area contributed by atoms with Gasteiger partial charge < -0.3 is 9.47 Å². The second-order valence-electron chi connectivity index (χ2n) is 6.49. The first-order chi connectivity index (χ1) is 12.3. The van der Waals surface area contributed by atoms with Gasteiger partial charge in [-0.1, -0.05) is 30.3 Å². The highest BCUT2D eigenvalue weighted by atomic mass is 15.3. The first kappa shape index (κ1) is 15.7. The van der Waals surface area contributed by atoms with Crippen molar-refractivity contribution in [2.75, 3.05) is 18.0 Å². The van der Waals surface area contributed by atoms with Gasteiger partial charge in [-0.15, -0.1) is 10.2 Å². The van der Waals surface area contributed by atoms with Crippen molar-refractivity contribution >= 4 is 5.95 Å². The van der Waals surface area contributed by atoms with E-state index in [1.54, 1.807) is 12.4 Å². The molecule has 25 heavy (non-hydrogen) atoms. The average molecular weight is 334 g/mol. The molecule has 1 aromatic carbocycles. The van der Waals surface area contributed by atoms with Gasteiger partial charge in [-0.3, -0.25) is 0 Å². The van der Waals surface area contributed by atoms with E-state index in [1.807, 2.05) is 19.1 Å². The second-order valence-corrected chi connectivity index (χ2v) is 6.49. The van der Waals surface area contributed by atoms with Crippen molar-refractivity contribution in [2.45, 2.75) is 32.2 Å². The van der Waals surface area contributed by atoms with E-state index in [9.17, 15) is 0 Å². The molecule has 0 saturated carbocycles. The lowest BCUT2D eigenvalue weighted by molar-refractivity contribution is 0.464. The zero-order valence-electron chi connectivity index (χ0n) is 14.4. The number of anilines is 1. The molecule has 6 heteroatoms. The summed E-state index contributed by atoms with van der Waals surface area (Å²) in [6, 6.07) is 12.4. The molecular weight excluding hydrogens is 312 g/mol. The van der Waals surface area contributed by atoms with E-state index in [0.717, 1.165) is 50.1 Å². The summed E-state index contributed by atoms with van der Waals surface area (Å²) in [5, 5.41) is 8.84. The molecule has 3 heterocycles. The molecule has 0 unspecified atom stereocenters. The Morgan fingerprint density at radius 3 is 2.40 bits per heavy atom. The highest BCUT2D eigenvalue weighted by molar-refractivity contribution is 5.29. The predicted octanol–water partition coefficient (Wildman–Crippen LogP) is 2.81. The van der Waals surface area contributed by atoms with E-state index in [-0.39, 0.29) is 0 Å². The zero-order valence-corrected chi connectivity index (χ0v) is 14.4. The minimum absolute atomic E-state index is 0.435. The van der Waals surface area contributed by atoms with Gasteiger partial charge in [-0.25, -0.2) is 9.97 Å². The molecule has 128 valence electrons. The minimum atomic E-state index is 0.435. The van der Waals surface area contributed by atoms with Gasteiger partial charge in [0.1, 0.15) is 11.6 Å². The molecule has 4 rings (SSSR count). The summed E-state index contributed by atoms with van der Waals surface area (Å²) >= 11 is 0. The van der Waals surface area contributed by atoms with Gasteiger partial charge in [0.25, 0.3) is 0 Å². The van der Waals surface area contributed by atoms with Crippen molar-refractivity contribution in [3.05, 3.63) is 66.0 Å². The lowest BCUT2D eigenvalue weighted by atomic mass is 9.96. The minimum Gasteiger partial charge on any atom is -0.341 e. The number of piperidine rings is 1. The maximum Gasteiger partial charge on any atom is 0.225 e. The third-order valence-corrected chi connectivity index (χ3v) is 4.84. The quantitative estimate of drug-likeness (QED) is 0.734. The Balaban J connectivity index is 1.48. The van der Waals surface area contributed by atoms with Crippen LogP contribution in [-0.2, 0) is 6.54 Å². The number of rotatable bonds is 4. The van der Waals surface area contributed by atoms with Gasteiger partial charge in [0.2, 0.25) is 5.95 Å². The van der Waals surface area contributed by atoms with Crippen LogP contribution in [0.25, 0.3) is 0 Å². The van der Waals surface area contributed by atoms with Crippen LogP contribution in [0.1, 0.15) is 36.0 Å². The Hall–Kier alpha value is -2.76. The highest BCUT2D eigenvalue weighted by Crippen LogP contribution is 2.29. The fourth-order valence-corrected chi connectivity index (χ4v) is 3.45. The van der Waals surface area contributed by atoms with E-state index in [0.29, 0.717) is 5.92 Å². The summed E-state index contributed by atoms with van der Waals surface area (Å²) in [6.07, 6.45) is 5.69. The number of aromatic nitrogens is 5. The van der Waals surface area contributed by atoms with Crippen LogP contribution in [0.3, 0.4) is 0 Å². The van der Waals surface area contributed by atoms with Gasteiger partial charge in [0.15, 0.2) is 0 Å². The fraction of sp³-hybridized carbons (Fsp3) is 0.368. The van der Waals surface area contributed by atoms with E-state index in [4.69, 9.17) is 0 Å². The molecule has 0 aliphatic carbocycles. The smallest absolute Gasteiger partial charge is 0.225 e.